The zero-order valence-corrected chi connectivity index (χ0v) is 14.5. The highest BCUT2D eigenvalue weighted by atomic mass is 79.9. The van der Waals surface area contributed by atoms with Gasteiger partial charge in [-0.25, -0.2) is 13.1 Å². The first kappa shape index (κ1) is 17.6. The Bertz CT molecular complexity index is 554. The third-order valence-electron chi connectivity index (χ3n) is 3.55. The number of sulfonamides is 1. The molecule has 114 valence electrons. The molecule has 20 heavy (non-hydrogen) atoms. The summed E-state index contributed by atoms with van der Waals surface area (Å²) in [5.74, 6) is 0.342. The zero-order chi connectivity index (χ0) is 15.3. The van der Waals surface area contributed by atoms with Crippen molar-refractivity contribution in [3.8, 4) is 0 Å². The van der Waals surface area contributed by atoms with E-state index in [9.17, 15) is 13.5 Å². The molecule has 0 aromatic heterocycles. The van der Waals surface area contributed by atoms with Gasteiger partial charge in [0.2, 0.25) is 10.0 Å². The molecular formula is C14H22BrNO3S. The van der Waals surface area contributed by atoms with E-state index in [1.165, 1.54) is 6.07 Å². The Balaban J connectivity index is 3.06. The molecule has 0 fully saturated rings. The van der Waals surface area contributed by atoms with Gasteiger partial charge in [-0.3, -0.25) is 0 Å². The molecule has 0 bridgehead atoms. The first-order chi connectivity index (χ1) is 9.35. The number of rotatable bonds is 7. The third kappa shape index (κ3) is 4.28. The molecular weight excluding hydrogens is 342 g/mol. The lowest BCUT2D eigenvalue weighted by molar-refractivity contribution is 0.281. The molecule has 0 radical (unpaired) electrons. The molecule has 6 heteroatoms. The monoisotopic (exact) mass is 363 g/mol. The summed E-state index contributed by atoms with van der Waals surface area (Å²) in [5, 5.41) is 9.20. The van der Waals surface area contributed by atoms with E-state index in [1.54, 1.807) is 13.0 Å². The fourth-order valence-electron chi connectivity index (χ4n) is 1.96. The zero-order valence-electron chi connectivity index (χ0n) is 12.1. The van der Waals surface area contributed by atoms with Crippen LogP contribution < -0.4 is 4.72 Å². The highest BCUT2D eigenvalue weighted by Gasteiger charge is 2.20. The van der Waals surface area contributed by atoms with Crippen LogP contribution in [0, 0.1) is 12.8 Å². The number of benzene rings is 1. The second-order valence-electron chi connectivity index (χ2n) is 4.89. The van der Waals surface area contributed by atoms with Gasteiger partial charge < -0.3 is 5.11 Å². The van der Waals surface area contributed by atoms with Crippen LogP contribution in [0.1, 0.15) is 37.8 Å². The first-order valence-electron chi connectivity index (χ1n) is 6.75. The van der Waals surface area contributed by atoms with Crippen LogP contribution >= 0.6 is 15.9 Å². The van der Waals surface area contributed by atoms with E-state index in [2.05, 4.69) is 34.5 Å². The largest absolute Gasteiger partial charge is 0.392 e. The van der Waals surface area contributed by atoms with Gasteiger partial charge in [0.25, 0.3) is 0 Å². The van der Waals surface area contributed by atoms with Crippen molar-refractivity contribution in [2.45, 2.75) is 45.1 Å². The van der Waals surface area contributed by atoms with E-state index in [-0.39, 0.29) is 11.5 Å². The SMILES string of the molecule is CCC(CC)CNS(=O)(=O)c1cc(CO)cc(Br)c1C. The average molecular weight is 364 g/mol. The maximum atomic E-state index is 12.4. The molecule has 0 aliphatic carbocycles. The molecule has 0 amide bonds. The first-order valence-corrected chi connectivity index (χ1v) is 9.02. The van der Waals surface area contributed by atoms with Crippen LogP contribution in [0.5, 0.6) is 0 Å². The summed E-state index contributed by atoms with van der Waals surface area (Å²) in [7, 11) is -3.55. The van der Waals surface area contributed by atoms with Gasteiger partial charge in [-0.15, -0.1) is 0 Å². The van der Waals surface area contributed by atoms with Crippen molar-refractivity contribution in [2.24, 2.45) is 5.92 Å². The predicted octanol–water partition coefficient (Wildman–Crippen LogP) is 2.96. The van der Waals surface area contributed by atoms with E-state index in [4.69, 9.17) is 0 Å². The second kappa shape index (κ2) is 7.54. The van der Waals surface area contributed by atoms with Gasteiger partial charge in [0.05, 0.1) is 11.5 Å². The third-order valence-corrected chi connectivity index (χ3v) is 5.92. The molecule has 2 N–H and O–H groups in total. The van der Waals surface area contributed by atoms with Crippen molar-refractivity contribution in [2.75, 3.05) is 6.54 Å². The minimum atomic E-state index is -3.55. The van der Waals surface area contributed by atoms with Gasteiger partial charge in [0.15, 0.2) is 0 Å². The van der Waals surface area contributed by atoms with E-state index in [1.807, 2.05) is 0 Å². The molecule has 0 saturated carbocycles. The van der Waals surface area contributed by atoms with Crippen LogP contribution in [0.15, 0.2) is 21.5 Å². The van der Waals surface area contributed by atoms with Gasteiger partial charge in [0, 0.05) is 11.0 Å². The van der Waals surface area contributed by atoms with Crippen LogP contribution in [-0.4, -0.2) is 20.1 Å². The normalized spacial score (nSPS) is 12.1. The van der Waals surface area contributed by atoms with Crippen molar-refractivity contribution in [3.63, 3.8) is 0 Å². The minimum absolute atomic E-state index is 0.187. The maximum absolute atomic E-state index is 12.4. The number of aliphatic hydroxyl groups excluding tert-OH is 1. The number of aliphatic hydroxyl groups is 1. The lowest BCUT2D eigenvalue weighted by Gasteiger charge is -2.16. The number of halogens is 1. The summed E-state index contributed by atoms with van der Waals surface area (Å²) in [6, 6.07) is 3.25. The molecule has 0 spiro atoms. The Morgan fingerprint density at radius 2 is 1.90 bits per heavy atom. The van der Waals surface area contributed by atoms with Crippen molar-refractivity contribution >= 4 is 26.0 Å². The molecule has 4 nitrogen and oxygen atoms in total. The smallest absolute Gasteiger partial charge is 0.240 e. The van der Waals surface area contributed by atoms with Gasteiger partial charge in [-0.05, 0) is 36.1 Å². The Labute approximate surface area is 129 Å². The van der Waals surface area contributed by atoms with Crippen molar-refractivity contribution in [1.29, 1.82) is 0 Å². The lowest BCUT2D eigenvalue weighted by Crippen LogP contribution is -2.29. The summed E-state index contributed by atoms with van der Waals surface area (Å²) in [6.07, 6.45) is 1.89. The van der Waals surface area contributed by atoms with Gasteiger partial charge in [-0.1, -0.05) is 42.6 Å². The molecule has 1 aromatic rings. The lowest BCUT2D eigenvalue weighted by atomic mass is 10.0. The summed E-state index contributed by atoms with van der Waals surface area (Å²) in [4.78, 5) is 0.224. The van der Waals surface area contributed by atoms with E-state index in [0.29, 0.717) is 28.1 Å². The van der Waals surface area contributed by atoms with E-state index in [0.717, 1.165) is 12.8 Å². The van der Waals surface area contributed by atoms with E-state index < -0.39 is 10.0 Å². The fourth-order valence-corrected chi connectivity index (χ4v) is 4.03. The van der Waals surface area contributed by atoms with Gasteiger partial charge in [-0.2, -0.15) is 0 Å². The van der Waals surface area contributed by atoms with Crippen LogP contribution in [0.3, 0.4) is 0 Å². The van der Waals surface area contributed by atoms with Gasteiger partial charge in [0.1, 0.15) is 0 Å². The number of nitrogens with one attached hydrogen (secondary N) is 1. The molecule has 0 unspecified atom stereocenters. The predicted molar refractivity (Wildman–Crippen MR) is 84.1 cm³/mol. The summed E-state index contributed by atoms with van der Waals surface area (Å²) >= 11 is 3.33. The van der Waals surface area contributed by atoms with Crippen molar-refractivity contribution < 1.29 is 13.5 Å². The Morgan fingerprint density at radius 1 is 1.30 bits per heavy atom. The second-order valence-corrected chi connectivity index (χ2v) is 7.48. The quantitative estimate of drug-likeness (QED) is 0.782. The van der Waals surface area contributed by atoms with Crippen LogP contribution in [0.4, 0.5) is 0 Å². The standard InChI is InChI=1S/C14H22BrNO3S/c1-4-11(5-2)8-16-20(18,19)14-7-12(9-17)6-13(15)10(14)3/h6-7,11,16-17H,4-5,8-9H2,1-3H3. The topological polar surface area (TPSA) is 66.4 Å². The van der Waals surface area contributed by atoms with Crippen LogP contribution in [0.2, 0.25) is 0 Å². The van der Waals surface area contributed by atoms with Crippen LogP contribution in [-0.2, 0) is 16.6 Å². The fraction of sp³-hybridized carbons (Fsp3) is 0.571. The average Bonchev–Trinajstić information content (AvgIpc) is 2.42. The number of hydrogen-bond acceptors (Lipinski definition) is 3. The molecule has 0 aliphatic heterocycles. The molecule has 1 rings (SSSR count). The summed E-state index contributed by atoms with van der Waals surface area (Å²) < 4.78 is 28.1. The molecule has 0 atom stereocenters. The summed E-state index contributed by atoms with van der Waals surface area (Å²) in [5.41, 5.74) is 1.23. The van der Waals surface area contributed by atoms with Crippen LogP contribution in [0.25, 0.3) is 0 Å². The Morgan fingerprint density at radius 3 is 2.40 bits per heavy atom. The minimum Gasteiger partial charge on any atom is -0.392 e. The molecule has 1 aromatic carbocycles. The highest BCUT2D eigenvalue weighted by Crippen LogP contribution is 2.26. The summed E-state index contributed by atoms with van der Waals surface area (Å²) in [6.45, 7) is 6.11. The highest BCUT2D eigenvalue weighted by molar-refractivity contribution is 9.10. The Hall–Kier alpha value is -0.430. The van der Waals surface area contributed by atoms with E-state index >= 15 is 0 Å². The van der Waals surface area contributed by atoms with Crippen molar-refractivity contribution in [1.82, 2.24) is 4.72 Å². The molecule has 0 heterocycles. The maximum Gasteiger partial charge on any atom is 0.240 e. The Kier molecular flexibility index (Phi) is 6.64. The molecule has 0 aliphatic rings. The molecule has 0 saturated heterocycles. The number of hydrogen-bond donors (Lipinski definition) is 2. The van der Waals surface area contributed by atoms with Gasteiger partial charge >= 0.3 is 0 Å². The van der Waals surface area contributed by atoms with Crippen molar-refractivity contribution in [3.05, 3.63) is 27.7 Å².